The molecule has 1 atom stereocenters. The number of aromatic nitrogens is 1. The highest BCUT2D eigenvalue weighted by molar-refractivity contribution is 8.18. The molecule has 0 saturated heterocycles. The Hall–Kier alpha value is -0.530. The van der Waals surface area contributed by atoms with E-state index in [1.54, 1.807) is 0 Å². The average molecular weight is 341 g/mol. The van der Waals surface area contributed by atoms with Crippen LogP contribution in [-0.2, 0) is 18.4 Å². The van der Waals surface area contributed by atoms with Crippen LogP contribution in [0.3, 0.4) is 0 Å². The van der Waals surface area contributed by atoms with Gasteiger partial charge in [-0.05, 0) is 11.6 Å². The van der Waals surface area contributed by atoms with Gasteiger partial charge in [-0.3, -0.25) is 18.9 Å². The average Bonchev–Trinajstić information content (AvgIpc) is 2.25. The zero-order valence-electron chi connectivity index (χ0n) is 10.3. The zero-order chi connectivity index (χ0) is 15.6. The number of thioether (sulfide) groups is 1. The van der Waals surface area contributed by atoms with Gasteiger partial charge in [0.15, 0.2) is 9.60 Å². The summed E-state index contributed by atoms with van der Waals surface area (Å²) in [4.78, 5) is 52.3. The summed E-state index contributed by atoms with van der Waals surface area (Å²) in [5.41, 5.74) is -0.114. The van der Waals surface area contributed by atoms with Gasteiger partial charge in [0, 0.05) is 19.3 Å². The molecule has 0 aliphatic carbocycles. The highest BCUT2D eigenvalue weighted by Crippen LogP contribution is 2.67. The maximum atomic E-state index is 11.8. The fourth-order valence-electron chi connectivity index (χ4n) is 1.61. The highest BCUT2D eigenvalue weighted by atomic mass is 32.2. The van der Waals surface area contributed by atoms with Gasteiger partial charge in [0.25, 0.3) is 0 Å². The van der Waals surface area contributed by atoms with Crippen molar-refractivity contribution in [3.63, 3.8) is 0 Å². The van der Waals surface area contributed by atoms with Crippen molar-refractivity contribution in [1.82, 2.24) is 4.98 Å². The minimum absolute atomic E-state index is 0.114. The largest absolute Gasteiger partial charge is 0.347 e. The first kappa shape index (κ1) is 17.5. The van der Waals surface area contributed by atoms with E-state index in [1.807, 2.05) is 0 Å². The lowest BCUT2D eigenvalue weighted by Gasteiger charge is -2.32. The van der Waals surface area contributed by atoms with Gasteiger partial charge < -0.3 is 19.6 Å². The highest BCUT2D eigenvalue weighted by Gasteiger charge is 2.54. The molecule has 0 amide bonds. The van der Waals surface area contributed by atoms with Crippen molar-refractivity contribution in [2.24, 2.45) is 0 Å². The van der Waals surface area contributed by atoms with Crippen molar-refractivity contribution < 1.29 is 33.5 Å². The molecule has 112 valence electrons. The van der Waals surface area contributed by atoms with Crippen molar-refractivity contribution in [1.29, 1.82) is 0 Å². The molecule has 1 rings (SSSR count). The Bertz CT molecular complexity index is 583. The molecule has 11 heteroatoms. The van der Waals surface area contributed by atoms with Gasteiger partial charge in [0.05, 0.1) is 6.16 Å². The predicted molar refractivity (Wildman–Crippen MR) is 73.1 cm³/mol. The first-order valence-corrected chi connectivity index (χ1v) is 9.41. The first-order chi connectivity index (χ1) is 8.98. The molecule has 0 radical (unpaired) electrons. The van der Waals surface area contributed by atoms with E-state index in [1.165, 1.54) is 18.3 Å². The Labute approximate surface area is 118 Å². The van der Waals surface area contributed by atoms with Crippen molar-refractivity contribution >= 4 is 32.1 Å². The second-order valence-electron chi connectivity index (χ2n) is 3.99. The van der Waals surface area contributed by atoms with Crippen LogP contribution in [0.4, 0.5) is 0 Å². The van der Waals surface area contributed by atoms with Crippen molar-refractivity contribution in [2.45, 2.75) is 11.4 Å². The third kappa shape index (κ3) is 4.23. The van der Waals surface area contributed by atoms with Crippen molar-refractivity contribution in [2.75, 3.05) is 6.16 Å². The van der Waals surface area contributed by atoms with Gasteiger partial charge in [0.1, 0.15) is 0 Å². The number of hydrogen-bond acceptors (Lipinski definition) is 5. The summed E-state index contributed by atoms with van der Waals surface area (Å²) >= 11 is 0.200. The summed E-state index contributed by atoms with van der Waals surface area (Å²) in [7, 11) is -9.87. The van der Waals surface area contributed by atoms with Crippen LogP contribution in [-0.4, -0.2) is 35.8 Å². The third-order valence-corrected chi connectivity index (χ3v) is 7.02. The molecule has 0 aromatic carbocycles. The second kappa shape index (κ2) is 6.07. The van der Waals surface area contributed by atoms with Crippen molar-refractivity contribution in [3.05, 3.63) is 30.1 Å². The zero-order valence-corrected chi connectivity index (χ0v) is 12.9. The Morgan fingerprint density at radius 2 is 1.95 bits per heavy atom. The van der Waals surface area contributed by atoms with Crippen LogP contribution in [0.5, 0.6) is 0 Å². The molecule has 0 bridgehead atoms. The topological polar surface area (TPSA) is 145 Å². The van der Waals surface area contributed by atoms with E-state index < -0.39 is 31.0 Å². The fraction of sp³-hybridized carbons (Fsp3) is 0.333. The molecule has 0 fully saturated rings. The fourth-order valence-corrected chi connectivity index (χ4v) is 6.45. The summed E-state index contributed by atoms with van der Waals surface area (Å²) in [5.74, 6) is 0. The van der Waals surface area contributed by atoms with E-state index in [-0.39, 0.29) is 17.3 Å². The molecule has 1 unspecified atom stereocenters. The van der Waals surface area contributed by atoms with Crippen LogP contribution in [0.15, 0.2) is 24.5 Å². The third-order valence-electron chi connectivity index (χ3n) is 2.32. The summed E-state index contributed by atoms with van der Waals surface area (Å²) < 4.78 is 20.7. The van der Waals surface area contributed by atoms with Gasteiger partial charge in [0.2, 0.25) is 0 Å². The second-order valence-corrected chi connectivity index (χ2v) is 9.26. The smallest absolute Gasteiger partial charge is 0.324 e. The Balaban J connectivity index is 3.54. The van der Waals surface area contributed by atoms with Gasteiger partial charge in [-0.15, -0.1) is 0 Å². The molecule has 1 aromatic heterocycles. The first-order valence-electron chi connectivity index (χ1n) is 5.18. The minimum atomic E-state index is -5.07. The molecule has 1 heterocycles. The number of carbonyl (C=O) groups excluding carboxylic acids is 1. The molecule has 0 aliphatic heterocycles. The Kier molecular flexibility index (Phi) is 5.32. The van der Waals surface area contributed by atoms with E-state index in [0.29, 0.717) is 0 Å². The van der Waals surface area contributed by atoms with Crippen LogP contribution in [0.1, 0.15) is 12.5 Å². The quantitative estimate of drug-likeness (QED) is 0.573. The molecule has 0 saturated carbocycles. The molecule has 8 nitrogen and oxygen atoms in total. The predicted octanol–water partition coefficient (Wildman–Crippen LogP) is 0.869. The van der Waals surface area contributed by atoms with E-state index in [0.717, 1.165) is 13.1 Å². The summed E-state index contributed by atoms with van der Waals surface area (Å²) in [5, 5.41) is -0.675. The minimum Gasteiger partial charge on any atom is -0.324 e. The number of carbonyl (C=O) groups is 1. The molecule has 0 spiro atoms. The Morgan fingerprint density at radius 3 is 2.30 bits per heavy atom. The summed E-state index contributed by atoms with van der Waals surface area (Å²) in [6.07, 6.45) is 1.24. The van der Waals surface area contributed by atoms with Crippen LogP contribution in [0.25, 0.3) is 0 Å². The number of rotatable bonds is 5. The van der Waals surface area contributed by atoms with Gasteiger partial charge >= 0.3 is 15.2 Å². The molecule has 20 heavy (non-hydrogen) atoms. The number of pyridine rings is 1. The Morgan fingerprint density at radius 1 is 1.35 bits per heavy atom. The van der Waals surface area contributed by atoms with Crippen LogP contribution >= 0.6 is 27.0 Å². The van der Waals surface area contributed by atoms with Gasteiger partial charge in [-0.1, -0.05) is 17.8 Å². The molecular weight excluding hydrogens is 328 g/mol. The molecule has 1 aromatic rings. The SMILES string of the molecule is CC(=O)SC(CP(=O)(O)O)(c1cccnc1)P(=O)(O)O. The van der Waals surface area contributed by atoms with Crippen molar-refractivity contribution in [3.8, 4) is 0 Å². The molecule has 0 aliphatic rings. The van der Waals surface area contributed by atoms with Gasteiger partial charge in [-0.25, -0.2) is 0 Å². The standard InChI is InChI=1S/C9H13NO7P2S/c1-7(11)20-9(19(15,16)17,6-18(12,13)14)8-3-2-4-10-5-8/h2-5H,6H2,1H3,(H2,12,13,14)(H2,15,16,17). The lowest BCUT2D eigenvalue weighted by molar-refractivity contribution is -0.109. The maximum absolute atomic E-state index is 11.8. The van der Waals surface area contributed by atoms with E-state index in [2.05, 4.69) is 4.98 Å². The number of nitrogens with zero attached hydrogens (tertiary/aromatic N) is 1. The van der Waals surface area contributed by atoms with Gasteiger partial charge in [-0.2, -0.15) is 0 Å². The van der Waals surface area contributed by atoms with E-state index >= 15 is 0 Å². The summed E-state index contributed by atoms with van der Waals surface area (Å²) in [6, 6.07) is 2.62. The lowest BCUT2D eigenvalue weighted by Crippen LogP contribution is -2.28. The lowest BCUT2D eigenvalue weighted by atomic mass is 10.2. The normalized spacial score (nSPS) is 15.7. The molecular formula is C9H13NO7P2S. The molecule has 4 N–H and O–H groups in total. The van der Waals surface area contributed by atoms with Crippen LogP contribution < -0.4 is 0 Å². The van der Waals surface area contributed by atoms with E-state index in [9.17, 15) is 23.7 Å². The number of hydrogen-bond donors (Lipinski definition) is 4. The summed E-state index contributed by atoms with van der Waals surface area (Å²) in [6.45, 7) is 1.06. The van der Waals surface area contributed by atoms with Crippen LogP contribution in [0.2, 0.25) is 0 Å². The maximum Gasteiger partial charge on any atom is 0.347 e. The van der Waals surface area contributed by atoms with E-state index in [4.69, 9.17) is 9.79 Å². The van der Waals surface area contributed by atoms with Crippen LogP contribution in [0, 0.1) is 0 Å². The monoisotopic (exact) mass is 341 g/mol.